The Morgan fingerprint density at radius 2 is 1.86 bits per heavy atom. The van der Waals surface area contributed by atoms with E-state index in [0.29, 0.717) is 30.5 Å². The van der Waals surface area contributed by atoms with Crippen molar-refractivity contribution in [3.63, 3.8) is 0 Å². The number of benzene rings is 1. The first-order valence-electron chi connectivity index (χ1n) is 6.89. The number of hydrogen-bond donors (Lipinski definition) is 2. The van der Waals surface area contributed by atoms with E-state index < -0.39 is 29.1 Å². The van der Waals surface area contributed by atoms with Gasteiger partial charge in [-0.2, -0.15) is 0 Å². The second-order valence-corrected chi connectivity index (χ2v) is 5.61. The molecular formula is C15H17F2NO3. The highest BCUT2D eigenvalue weighted by atomic mass is 19.2. The third-order valence-corrected chi connectivity index (χ3v) is 3.89. The fraction of sp³-hybridized carbons (Fsp3) is 0.467. The van der Waals surface area contributed by atoms with Crippen molar-refractivity contribution in [1.82, 2.24) is 5.32 Å². The standard InChI is InChI=1S/C15H17F2NO3/c1-8-2-3-9(4-8)7-18-14(19)10-5-12(16)13(17)6-11(10)15(20)21/h5-6,8-9H,2-4,7H2,1H3,(H,18,19)(H,20,21). The van der Waals surface area contributed by atoms with Crippen LogP contribution in [0.15, 0.2) is 12.1 Å². The topological polar surface area (TPSA) is 66.4 Å². The molecule has 114 valence electrons. The monoisotopic (exact) mass is 297 g/mol. The maximum Gasteiger partial charge on any atom is 0.336 e. The molecule has 2 unspecified atom stereocenters. The molecule has 0 aromatic heterocycles. The molecule has 2 rings (SSSR count). The van der Waals surface area contributed by atoms with Crippen molar-refractivity contribution in [2.45, 2.75) is 26.2 Å². The molecule has 0 radical (unpaired) electrons. The van der Waals surface area contributed by atoms with Gasteiger partial charge in [-0.15, -0.1) is 0 Å². The van der Waals surface area contributed by atoms with Gasteiger partial charge in [0.1, 0.15) is 0 Å². The molecule has 0 bridgehead atoms. The molecule has 1 aliphatic rings. The van der Waals surface area contributed by atoms with Crippen LogP contribution < -0.4 is 5.32 Å². The molecule has 4 nitrogen and oxygen atoms in total. The molecular weight excluding hydrogens is 280 g/mol. The molecule has 0 heterocycles. The summed E-state index contributed by atoms with van der Waals surface area (Å²) in [6.45, 7) is 2.56. The number of aromatic carboxylic acids is 1. The van der Waals surface area contributed by atoms with Gasteiger partial charge in [0.25, 0.3) is 5.91 Å². The van der Waals surface area contributed by atoms with Crippen LogP contribution in [-0.4, -0.2) is 23.5 Å². The summed E-state index contributed by atoms with van der Waals surface area (Å²) in [7, 11) is 0. The number of nitrogens with one attached hydrogen (secondary N) is 1. The summed E-state index contributed by atoms with van der Waals surface area (Å²) >= 11 is 0. The predicted octanol–water partition coefficient (Wildman–Crippen LogP) is 2.83. The van der Waals surface area contributed by atoms with Crippen LogP contribution in [0.25, 0.3) is 0 Å². The smallest absolute Gasteiger partial charge is 0.336 e. The fourth-order valence-corrected chi connectivity index (χ4v) is 2.75. The van der Waals surface area contributed by atoms with Crippen LogP contribution >= 0.6 is 0 Å². The SMILES string of the molecule is CC1CCC(CNC(=O)c2cc(F)c(F)cc2C(=O)O)C1. The second-order valence-electron chi connectivity index (χ2n) is 5.61. The molecule has 0 spiro atoms. The summed E-state index contributed by atoms with van der Waals surface area (Å²) in [5.74, 6) is -3.71. The summed E-state index contributed by atoms with van der Waals surface area (Å²) in [5, 5.41) is 11.6. The first-order valence-corrected chi connectivity index (χ1v) is 6.89. The van der Waals surface area contributed by atoms with Crippen LogP contribution in [0.2, 0.25) is 0 Å². The molecule has 1 fully saturated rings. The lowest BCUT2D eigenvalue weighted by atomic mass is 10.0. The molecule has 0 aliphatic heterocycles. The zero-order valence-electron chi connectivity index (χ0n) is 11.7. The number of amides is 1. The first-order chi connectivity index (χ1) is 9.88. The Morgan fingerprint density at radius 3 is 2.38 bits per heavy atom. The summed E-state index contributed by atoms with van der Waals surface area (Å²) in [6.07, 6.45) is 3.11. The van der Waals surface area contributed by atoms with Gasteiger partial charge in [-0.3, -0.25) is 4.79 Å². The molecule has 2 atom stereocenters. The zero-order valence-corrected chi connectivity index (χ0v) is 11.7. The molecule has 2 N–H and O–H groups in total. The lowest BCUT2D eigenvalue weighted by molar-refractivity contribution is 0.0690. The average molecular weight is 297 g/mol. The van der Waals surface area contributed by atoms with Crippen molar-refractivity contribution in [2.75, 3.05) is 6.54 Å². The summed E-state index contributed by atoms with van der Waals surface area (Å²) in [6, 6.07) is 1.16. The van der Waals surface area contributed by atoms with Crippen LogP contribution in [0.3, 0.4) is 0 Å². The van der Waals surface area contributed by atoms with Crippen molar-refractivity contribution < 1.29 is 23.5 Å². The van der Waals surface area contributed by atoms with Crippen molar-refractivity contribution in [2.24, 2.45) is 11.8 Å². The van der Waals surface area contributed by atoms with Crippen LogP contribution in [0.1, 0.15) is 46.9 Å². The number of carbonyl (C=O) groups excluding carboxylic acids is 1. The van der Waals surface area contributed by atoms with Gasteiger partial charge in [0.15, 0.2) is 11.6 Å². The van der Waals surface area contributed by atoms with E-state index in [9.17, 15) is 18.4 Å². The number of halogens is 2. The van der Waals surface area contributed by atoms with Crippen molar-refractivity contribution in [3.8, 4) is 0 Å². The Labute approximate surface area is 121 Å². The highest BCUT2D eigenvalue weighted by molar-refractivity contribution is 6.04. The zero-order chi connectivity index (χ0) is 15.6. The van der Waals surface area contributed by atoms with E-state index in [4.69, 9.17) is 5.11 Å². The van der Waals surface area contributed by atoms with E-state index in [2.05, 4.69) is 12.2 Å². The quantitative estimate of drug-likeness (QED) is 0.898. The van der Waals surface area contributed by atoms with Crippen molar-refractivity contribution in [1.29, 1.82) is 0 Å². The van der Waals surface area contributed by atoms with E-state index in [0.717, 1.165) is 19.3 Å². The van der Waals surface area contributed by atoms with Gasteiger partial charge >= 0.3 is 5.97 Å². The second kappa shape index (κ2) is 6.20. The van der Waals surface area contributed by atoms with E-state index in [-0.39, 0.29) is 5.56 Å². The third-order valence-electron chi connectivity index (χ3n) is 3.89. The van der Waals surface area contributed by atoms with Crippen molar-refractivity contribution in [3.05, 3.63) is 34.9 Å². The third kappa shape index (κ3) is 3.56. The molecule has 0 saturated heterocycles. The number of carboxylic acids is 1. The molecule has 21 heavy (non-hydrogen) atoms. The summed E-state index contributed by atoms with van der Waals surface area (Å²) in [4.78, 5) is 23.0. The minimum atomic E-state index is -1.46. The molecule has 6 heteroatoms. The fourth-order valence-electron chi connectivity index (χ4n) is 2.75. The van der Waals surface area contributed by atoms with Gasteiger partial charge in [-0.25, -0.2) is 13.6 Å². The first kappa shape index (κ1) is 15.4. The lowest BCUT2D eigenvalue weighted by Crippen LogP contribution is -2.30. The Morgan fingerprint density at radius 1 is 1.24 bits per heavy atom. The minimum absolute atomic E-state index is 0.350. The van der Waals surface area contributed by atoms with E-state index in [1.165, 1.54) is 0 Å². The van der Waals surface area contributed by atoms with Crippen molar-refractivity contribution >= 4 is 11.9 Å². The molecule has 1 amide bonds. The number of rotatable bonds is 4. The highest BCUT2D eigenvalue weighted by Crippen LogP contribution is 2.29. The highest BCUT2D eigenvalue weighted by Gasteiger charge is 2.24. The van der Waals surface area contributed by atoms with E-state index in [1.54, 1.807) is 0 Å². The van der Waals surface area contributed by atoms with E-state index >= 15 is 0 Å². The Kier molecular flexibility index (Phi) is 4.55. The number of carboxylic acid groups (broad SMARTS) is 1. The van der Waals surface area contributed by atoms with Gasteiger partial charge in [0, 0.05) is 6.54 Å². The largest absolute Gasteiger partial charge is 0.478 e. The lowest BCUT2D eigenvalue weighted by Gasteiger charge is -2.12. The number of carbonyl (C=O) groups is 2. The van der Waals surface area contributed by atoms with Gasteiger partial charge in [0.05, 0.1) is 11.1 Å². The molecule has 1 aromatic rings. The average Bonchev–Trinajstić information content (AvgIpc) is 2.84. The molecule has 1 aliphatic carbocycles. The Balaban J connectivity index is 2.11. The molecule has 1 aromatic carbocycles. The predicted molar refractivity (Wildman–Crippen MR) is 72.2 cm³/mol. The van der Waals surface area contributed by atoms with Gasteiger partial charge in [-0.1, -0.05) is 13.3 Å². The summed E-state index contributed by atoms with van der Waals surface area (Å²) < 4.78 is 26.3. The van der Waals surface area contributed by atoms with Gasteiger partial charge in [-0.05, 0) is 36.8 Å². The maximum absolute atomic E-state index is 13.2. The Hall–Kier alpha value is -1.98. The number of hydrogen-bond acceptors (Lipinski definition) is 2. The summed E-state index contributed by atoms with van der Waals surface area (Å²) in [5.41, 5.74) is -0.890. The van der Waals surface area contributed by atoms with Crippen LogP contribution in [0.4, 0.5) is 8.78 Å². The normalized spacial score (nSPS) is 21.3. The van der Waals surface area contributed by atoms with Crippen LogP contribution in [0, 0.1) is 23.5 Å². The molecule has 1 saturated carbocycles. The van der Waals surface area contributed by atoms with E-state index in [1.807, 2.05) is 0 Å². The Bertz CT molecular complexity index is 574. The van der Waals surface area contributed by atoms with Crippen LogP contribution in [0.5, 0.6) is 0 Å². The van der Waals surface area contributed by atoms with Crippen LogP contribution in [-0.2, 0) is 0 Å². The van der Waals surface area contributed by atoms with Gasteiger partial charge < -0.3 is 10.4 Å². The van der Waals surface area contributed by atoms with Gasteiger partial charge in [0.2, 0.25) is 0 Å². The minimum Gasteiger partial charge on any atom is -0.478 e. The maximum atomic E-state index is 13.2.